The molecule has 0 bridgehead atoms. The lowest BCUT2D eigenvalue weighted by Gasteiger charge is -2.33. The van der Waals surface area contributed by atoms with Gasteiger partial charge in [0.15, 0.2) is 0 Å². The Morgan fingerprint density at radius 1 is 1.25 bits per heavy atom. The smallest absolute Gasteiger partial charge is 0.274 e. The maximum atomic E-state index is 13.3. The van der Waals surface area contributed by atoms with E-state index in [0.717, 1.165) is 12.5 Å². The van der Waals surface area contributed by atoms with Gasteiger partial charge in [-0.1, -0.05) is 20.8 Å². The van der Waals surface area contributed by atoms with E-state index in [1.165, 1.54) is 12.1 Å². The molecule has 0 aliphatic heterocycles. The van der Waals surface area contributed by atoms with E-state index in [9.17, 15) is 14.5 Å². The van der Waals surface area contributed by atoms with E-state index in [0.29, 0.717) is 5.56 Å². The Morgan fingerprint density at radius 3 is 2.35 bits per heavy atom. The zero-order chi connectivity index (χ0) is 15.6. The zero-order valence-corrected chi connectivity index (χ0v) is 12.8. The van der Waals surface area contributed by atoms with Gasteiger partial charge in [-0.15, -0.1) is 0 Å². The van der Waals surface area contributed by atoms with Crippen molar-refractivity contribution in [2.45, 2.75) is 53.1 Å². The average molecular weight is 282 g/mol. The quantitative estimate of drug-likeness (QED) is 0.655. The van der Waals surface area contributed by atoms with Crippen LogP contribution in [0, 0.1) is 21.3 Å². The van der Waals surface area contributed by atoms with E-state index in [2.05, 4.69) is 26.1 Å². The summed E-state index contributed by atoms with van der Waals surface area (Å²) in [5, 5.41) is 14.2. The fraction of sp³-hybridized carbons (Fsp3) is 0.600. The molecule has 4 nitrogen and oxygen atoms in total. The molecule has 1 rings (SSSR count). The summed E-state index contributed by atoms with van der Waals surface area (Å²) < 4.78 is 13.3. The molecule has 20 heavy (non-hydrogen) atoms. The Bertz CT molecular complexity index is 493. The molecule has 0 fully saturated rings. The van der Waals surface area contributed by atoms with Crippen LogP contribution in [0.4, 0.5) is 10.1 Å². The van der Waals surface area contributed by atoms with Crippen molar-refractivity contribution in [1.82, 2.24) is 5.32 Å². The molecular weight excluding hydrogens is 259 g/mol. The highest BCUT2D eigenvalue weighted by atomic mass is 19.1. The first-order valence-corrected chi connectivity index (χ1v) is 6.68. The van der Waals surface area contributed by atoms with E-state index in [4.69, 9.17) is 0 Å². The number of hydrogen-bond acceptors (Lipinski definition) is 3. The highest BCUT2D eigenvalue weighted by Crippen LogP contribution is 2.28. The Morgan fingerprint density at radius 2 is 1.85 bits per heavy atom. The lowest BCUT2D eigenvalue weighted by molar-refractivity contribution is -0.385. The molecular formula is C15H23FN2O2. The number of rotatable bonds is 5. The number of halogens is 1. The summed E-state index contributed by atoms with van der Waals surface area (Å²) in [5.74, 6) is -0.457. The molecule has 1 N–H and O–H groups in total. The molecule has 0 atom stereocenters. The molecule has 0 amide bonds. The number of nitro benzene ring substituents is 1. The summed E-state index contributed by atoms with van der Waals surface area (Å²) in [4.78, 5) is 10.5. The van der Waals surface area contributed by atoms with Gasteiger partial charge in [0.2, 0.25) is 0 Å². The van der Waals surface area contributed by atoms with Crippen LogP contribution in [0.2, 0.25) is 0 Å². The fourth-order valence-electron chi connectivity index (χ4n) is 2.60. The largest absolute Gasteiger partial charge is 0.307 e. The molecule has 0 radical (unpaired) electrons. The van der Waals surface area contributed by atoms with Gasteiger partial charge in [-0.05, 0) is 37.8 Å². The Kier molecular flexibility index (Phi) is 4.86. The van der Waals surface area contributed by atoms with Crippen molar-refractivity contribution in [3.63, 3.8) is 0 Å². The Labute approximate surface area is 119 Å². The first-order valence-electron chi connectivity index (χ1n) is 6.68. The van der Waals surface area contributed by atoms with Crippen molar-refractivity contribution < 1.29 is 9.31 Å². The Balaban J connectivity index is 2.84. The molecule has 0 saturated carbocycles. The predicted octanol–water partition coefficient (Wildman–Crippen LogP) is 4.04. The maximum Gasteiger partial charge on any atom is 0.274 e. The SMILES string of the molecule is CC(C)(C)CC(C)(C)NCc1cc(F)ccc1[N+](=O)[O-]. The van der Waals surface area contributed by atoms with Crippen LogP contribution in [-0.4, -0.2) is 10.5 Å². The van der Waals surface area contributed by atoms with Crippen molar-refractivity contribution in [1.29, 1.82) is 0 Å². The predicted molar refractivity (Wildman–Crippen MR) is 78.0 cm³/mol. The normalized spacial score (nSPS) is 12.5. The van der Waals surface area contributed by atoms with E-state index in [1.807, 2.05) is 13.8 Å². The highest BCUT2D eigenvalue weighted by molar-refractivity contribution is 5.40. The van der Waals surface area contributed by atoms with Crippen LogP contribution in [0.5, 0.6) is 0 Å². The topological polar surface area (TPSA) is 55.2 Å². The molecule has 1 aromatic rings. The lowest BCUT2D eigenvalue weighted by Crippen LogP contribution is -2.41. The highest BCUT2D eigenvalue weighted by Gasteiger charge is 2.26. The third kappa shape index (κ3) is 5.25. The van der Waals surface area contributed by atoms with Gasteiger partial charge < -0.3 is 5.32 Å². The summed E-state index contributed by atoms with van der Waals surface area (Å²) >= 11 is 0. The van der Waals surface area contributed by atoms with Crippen LogP contribution in [0.1, 0.15) is 46.6 Å². The third-order valence-electron chi connectivity index (χ3n) is 2.97. The van der Waals surface area contributed by atoms with Crippen molar-refractivity contribution in [3.8, 4) is 0 Å². The van der Waals surface area contributed by atoms with Crippen molar-refractivity contribution >= 4 is 5.69 Å². The van der Waals surface area contributed by atoms with Crippen molar-refractivity contribution in [2.75, 3.05) is 0 Å². The van der Waals surface area contributed by atoms with Gasteiger partial charge in [0, 0.05) is 23.7 Å². The van der Waals surface area contributed by atoms with Gasteiger partial charge in [0.1, 0.15) is 5.82 Å². The van der Waals surface area contributed by atoms with E-state index >= 15 is 0 Å². The summed E-state index contributed by atoms with van der Waals surface area (Å²) in [6.07, 6.45) is 0.906. The van der Waals surface area contributed by atoms with Crippen LogP contribution < -0.4 is 5.32 Å². The number of hydrogen-bond donors (Lipinski definition) is 1. The summed E-state index contributed by atoms with van der Waals surface area (Å²) in [7, 11) is 0. The Hall–Kier alpha value is -1.49. The van der Waals surface area contributed by atoms with Crippen LogP contribution >= 0.6 is 0 Å². The third-order valence-corrected chi connectivity index (χ3v) is 2.97. The summed E-state index contributed by atoms with van der Waals surface area (Å²) in [6.45, 7) is 10.8. The first kappa shape index (κ1) is 16.6. The second-order valence-electron chi connectivity index (χ2n) is 7.01. The number of benzene rings is 1. The number of nitrogens with zero attached hydrogens (tertiary/aromatic N) is 1. The molecule has 0 saturated heterocycles. The van der Waals surface area contributed by atoms with Gasteiger partial charge in [-0.2, -0.15) is 0 Å². The zero-order valence-electron chi connectivity index (χ0n) is 12.8. The van der Waals surface area contributed by atoms with Gasteiger partial charge >= 0.3 is 0 Å². The van der Waals surface area contributed by atoms with Crippen molar-refractivity contribution in [3.05, 3.63) is 39.7 Å². The minimum absolute atomic E-state index is 0.0505. The van der Waals surface area contributed by atoms with Crippen LogP contribution in [-0.2, 0) is 6.54 Å². The molecule has 0 spiro atoms. The minimum atomic E-state index is -0.479. The molecule has 0 unspecified atom stereocenters. The minimum Gasteiger partial charge on any atom is -0.307 e. The van der Waals surface area contributed by atoms with Crippen LogP contribution in [0.25, 0.3) is 0 Å². The molecule has 0 aliphatic rings. The maximum absolute atomic E-state index is 13.3. The van der Waals surface area contributed by atoms with Gasteiger partial charge in [-0.3, -0.25) is 10.1 Å². The molecule has 112 valence electrons. The standard InChI is InChI=1S/C15H23FN2O2/c1-14(2,3)10-15(4,5)17-9-11-8-12(16)6-7-13(11)18(19)20/h6-8,17H,9-10H2,1-5H3. The van der Waals surface area contributed by atoms with Gasteiger partial charge in [0.05, 0.1) is 4.92 Å². The van der Waals surface area contributed by atoms with Gasteiger partial charge in [0.25, 0.3) is 5.69 Å². The van der Waals surface area contributed by atoms with E-state index in [1.54, 1.807) is 0 Å². The van der Waals surface area contributed by atoms with Crippen molar-refractivity contribution in [2.24, 2.45) is 5.41 Å². The van der Waals surface area contributed by atoms with Crippen LogP contribution in [0.15, 0.2) is 18.2 Å². The fourth-order valence-corrected chi connectivity index (χ4v) is 2.60. The summed E-state index contributed by atoms with van der Waals surface area (Å²) in [6, 6.07) is 3.54. The second-order valence-corrected chi connectivity index (χ2v) is 7.01. The van der Waals surface area contributed by atoms with E-state index < -0.39 is 10.7 Å². The second kappa shape index (κ2) is 5.87. The van der Waals surface area contributed by atoms with Gasteiger partial charge in [-0.25, -0.2) is 4.39 Å². The lowest BCUT2D eigenvalue weighted by atomic mass is 9.81. The average Bonchev–Trinajstić information content (AvgIpc) is 2.22. The molecule has 0 heterocycles. The number of nitro groups is 1. The molecule has 1 aromatic carbocycles. The monoisotopic (exact) mass is 282 g/mol. The molecule has 0 aromatic heterocycles. The molecule has 0 aliphatic carbocycles. The summed E-state index contributed by atoms with van der Waals surface area (Å²) in [5.41, 5.74) is 0.283. The first-order chi connectivity index (χ1) is 9.00. The van der Waals surface area contributed by atoms with Crippen LogP contribution in [0.3, 0.4) is 0 Å². The number of nitrogens with one attached hydrogen (secondary N) is 1. The molecule has 5 heteroatoms. The van der Waals surface area contributed by atoms with E-state index in [-0.39, 0.29) is 23.2 Å².